The summed E-state index contributed by atoms with van der Waals surface area (Å²) < 4.78 is 26.7. The monoisotopic (exact) mass is 471 g/mol. The van der Waals surface area contributed by atoms with E-state index in [1.165, 1.54) is 0 Å². The largest absolute Gasteiger partial charge is 0.398 e. The average Bonchev–Trinajstić information content (AvgIpc) is 3.47. The molecule has 0 bridgehead atoms. The molecule has 0 aliphatic rings. The Kier molecular flexibility index (Phi) is 5.45. The van der Waals surface area contributed by atoms with Gasteiger partial charge in [-0.2, -0.15) is 0 Å². The van der Waals surface area contributed by atoms with Crippen molar-refractivity contribution in [3.05, 3.63) is 84.4 Å². The maximum absolute atomic E-state index is 13.3. The van der Waals surface area contributed by atoms with E-state index in [9.17, 15) is 8.42 Å². The van der Waals surface area contributed by atoms with E-state index < -0.39 is 15.1 Å². The first kappa shape index (κ1) is 21.9. The van der Waals surface area contributed by atoms with Crippen LogP contribution in [0.5, 0.6) is 0 Å². The number of nitrogens with one attached hydrogen (secondary N) is 2. The minimum absolute atomic E-state index is 0.201. The van der Waals surface area contributed by atoms with Crippen LogP contribution in [0.2, 0.25) is 0 Å². The van der Waals surface area contributed by atoms with Crippen molar-refractivity contribution >= 4 is 26.6 Å². The molecule has 34 heavy (non-hydrogen) atoms. The third kappa shape index (κ3) is 3.86. The molecule has 8 heteroatoms. The number of hydrogen-bond donors (Lipinski definition) is 3. The van der Waals surface area contributed by atoms with E-state index in [0.717, 1.165) is 28.1 Å². The molecular weight excluding hydrogens is 446 g/mol. The van der Waals surface area contributed by atoms with Crippen LogP contribution in [0.25, 0.3) is 33.5 Å². The maximum Gasteiger partial charge on any atom is 0.182 e. The summed E-state index contributed by atoms with van der Waals surface area (Å²) in [6.45, 7) is 3.36. The Morgan fingerprint density at radius 1 is 0.971 bits per heavy atom. The highest BCUT2D eigenvalue weighted by Gasteiger charge is 2.26. The number of aromatic nitrogens is 4. The Morgan fingerprint density at radius 2 is 1.71 bits per heavy atom. The molecule has 2 heterocycles. The van der Waals surface area contributed by atoms with Crippen molar-refractivity contribution in [2.75, 3.05) is 5.73 Å². The maximum atomic E-state index is 13.3. The molecule has 3 aromatic carbocycles. The van der Waals surface area contributed by atoms with Crippen molar-refractivity contribution < 1.29 is 8.42 Å². The van der Waals surface area contributed by atoms with E-state index in [4.69, 9.17) is 5.73 Å². The first-order valence-corrected chi connectivity index (χ1v) is 12.6. The fraction of sp³-hybridized carbons (Fsp3) is 0.154. The van der Waals surface area contributed by atoms with Crippen LogP contribution in [0, 0.1) is 0 Å². The van der Waals surface area contributed by atoms with E-state index >= 15 is 0 Å². The van der Waals surface area contributed by atoms with E-state index in [-0.39, 0.29) is 4.90 Å². The summed E-state index contributed by atoms with van der Waals surface area (Å²) in [4.78, 5) is 15.9. The number of nitrogens with zero attached hydrogens (tertiary/aromatic N) is 2. The fourth-order valence-corrected chi connectivity index (χ4v) is 5.26. The Morgan fingerprint density at radius 3 is 2.44 bits per heavy atom. The van der Waals surface area contributed by atoms with Crippen LogP contribution in [0.15, 0.2) is 78.0 Å². The second-order valence-electron chi connectivity index (χ2n) is 8.52. The molecule has 5 aromatic rings. The smallest absolute Gasteiger partial charge is 0.182 e. The second-order valence-corrected chi connectivity index (χ2v) is 11.0. The lowest BCUT2D eigenvalue weighted by molar-refractivity contribution is 0.588. The van der Waals surface area contributed by atoms with E-state index in [0.29, 0.717) is 29.0 Å². The van der Waals surface area contributed by atoms with Gasteiger partial charge in [-0.15, -0.1) is 0 Å². The summed E-state index contributed by atoms with van der Waals surface area (Å²) in [5.74, 6) is 0.651. The minimum Gasteiger partial charge on any atom is -0.398 e. The van der Waals surface area contributed by atoms with Gasteiger partial charge in [0.1, 0.15) is 11.3 Å². The van der Waals surface area contributed by atoms with Gasteiger partial charge in [-0.1, -0.05) is 48.5 Å². The average molecular weight is 472 g/mol. The molecule has 0 aliphatic heterocycles. The van der Waals surface area contributed by atoms with Gasteiger partial charge in [-0.3, -0.25) is 0 Å². The number of fused-ring (bicyclic) bond motifs is 1. The van der Waals surface area contributed by atoms with Gasteiger partial charge in [0.05, 0.1) is 33.4 Å². The quantitative estimate of drug-likeness (QED) is 0.302. The summed E-state index contributed by atoms with van der Waals surface area (Å²) in [5, 5.41) is -0.591. The number of rotatable bonds is 6. The van der Waals surface area contributed by atoms with Crippen molar-refractivity contribution in [2.45, 2.75) is 30.4 Å². The van der Waals surface area contributed by atoms with Crippen LogP contribution < -0.4 is 5.73 Å². The van der Waals surface area contributed by atoms with Gasteiger partial charge in [0.25, 0.3) is 0 Å². The molecule has 0 aliphatic carbocycles. The number of nitrogen functional groups attached to an aromatic ring is 1. The molecule has 0 spiro atoms. The summed E-state index contributed by atoms with van der Waals surface area (Å²) in [7, 11) is -3.60. The summed E-state index contributed by atoms with van der Waals surface area (Å²) >= 11 is 0. The van der Waals surface area contributed by atoms with Crippen molar-refractivity contribution in [1.82, 2.24) is 19.9 Å². The zero-order chi connectivity index (χ0) is 23.9. The molecule has 0 saturated carbocycles. The SMILES string of the molecule is CC(C)S(=O)(=O)c1cc(-c2[nH]cnc2-c2ccccc2)cc2[nH]c(Cc3ccccc3N)nc12. The summed E-state index contributed by atoms with van der Waals surface area (Å²) in [6, 6.07) is 21.0. The predicted octanol–water partition coefficient (Wildman–Crippen LogP) is 4.98. The number of imidazole rings is 2. The molecule has 0 radical (unpaired) electrons. The Labute approximate surface area is 198 Å². The van der Waals surface area contributed by atoms with Crippen molar-refractivity contribution in [3.8, 4) is 22.5 Å². The molecule has 2 aromatic heterocycles. The highest BCUT2D eigenvalue weighted by molar-refractivity contribution is 7.92. The molecule has 0 amide bonds. The molecular formula is C26H25N5O2S. The zero-order valence-corrected chi connectivity index (χ0v) is 19.7. The molecule has 0 unspecified atom stereocenters. The number of sulfone groups is 1. The van der Waals surface area contributed by atoms with Gasteiger partial charge >= 0.3 is 0 Å². The van der Waals surface area contributed by atoms with Crippen LogP contribution >= 0.6 is 0 Å². The number of nitrogens with two attached hydrogens (primary N) is 1. The van der Waals surface area contributed by atoms with E-state index in [2.05, 4.69) is 19.9 Å². The molecule has 0 saturated heterocycles. The first-order valence-electron chi connectivity index (χ1n) is 11.0. The van der Waals surface area contributed by atoms with Crippen LogP contribution in [-0.2, 0) is 16.3 Å². The van der Waals surface area contributed by atoms with Gasteiger partial charge in [-0.25, -0.2) is 18.4 Å². The van der Waals surface area contributed by atoms with Crippen LogP contribution in [-0.4, -0.2) is 33.6 Å². The van der Waals surface area contributed by atoms with Crippen molar-refractivity contribution in [2.24, 2.45) is 0 Å². The minimum atomic E-state index is -3.60. The first-order chi connectivity index (χ1) is 16.3. The number of para-hydroxylation sites is 1. The van der Waals surface area contributed by atoms with Gasteiger partial charge < -0.3 is 15.7 Å². The van der Waals surface area contributed by atoms with E-state index in [1.54, 1.807) is 26.2 Å². The standard InChI is InChI=1S/C26H25N5O2S/c1-16(2)34(32,33)22-13-19(25-24(28-15-29-25)17-8-4-3-5-9-17)12-21-26(22)31-23(30-21)14-18-10-6-7-11-20(18)27/h3-13,15-16H,14,27H2,1-2H3,(H,28,29)(H,30,31). The van der Waals surface area contributed by atoms with Crippen molar-refractivity contribution in [1.29, 1.82) is 0 Å². The molecule has 172 valence electrons. The Hall–Kier alpha value is -3.91. The highest BCUT2D eigenvalue weighted by Crippen LogP contribution is 2.35. The zero-order valence-electron chi connectivity index (χ0n) is 18.9. The summed E-state index contributed by atoms with van der Waals surface area (Å²) in [5.41, 5.74) is 12.0. The molecule has 4 N–H and O–H groups in total. The van der Waals surface area contributed by atoms with Gasteiger partial charge in [0.2, 0.25) is 0 Å². The third-order valence-corrected chi connectivity index (χ3v) is 8.08. The molecule has 0 atom stereocenters. The normalized spacial score (nSPS) is 12.0. The Balaban J connectivity index is 1.70. The topological polar surface area (TPSA) is 118 Å². The predicted molar refractivity (Wildman–Crippen MR) is 135 cm³/mol. The number of hydrogen-bond acceptors (Lipinski definition) is 5. The molecule has 0 fully saturated rings. The lowest BCUT2D eigenvalue weighted by Crippen LogP contribution is -2.14. The molecule has 5 rings (SSSR count). The van der Waals surface area contributed by atoms with Gasteiger partial charge in [0.15, 0.2) is 9.84 Å². The van der Waals surface area contributed by atoms with Gasteiger partial charge in [0, 0.05) is 23.2 Å². The lowest BCUT2D eigenvalue weighted by atomic mass is 10.0. The van der Waals surface area contributed by atoms with Crippen LogP contribution in [0.3, 0.4) is 0 Å². The number of aromatic amines is 2. The molecule has 7 nitrogen and oxygen atoms in total. The van der Waals surface area contributed by atoms with Crippen LogP contribution in [0.4, 0.5) is 5.69 Å². The number of H-pyrrole nitrogens is 2. The van der Waals surface area contributed by atoms with Crippen LogP contribution in [0.1, 0.15) is 25.2 Å². The van der Waals surface area contributed by atoms with Crippen molar-refractivity contribution in [3.63, 3.8) is 0 Å². The summed E-state index contributed by atoms with van der Waals surface area (Å²) in [6.07, 6.45) is 2.09. The van der Waals surface area contributed by atoms with E-state index in [1.807, 2.05) is 60.7 Å². The fourth-order valence-electron chi connectivity index (χ4n) is 4.04. The highest BCUT2D eigenvalue weighted by atomic mass is 32.2. The third-order valence-electron chi connectivity index (χ3n) is 5.92. The Bertz CT molecular complexity index is 1580. The number of benzene rings is 3. The lowest BCUT2D eigenvalue weighted by Gasteiger charge is -2.11. The second kappa shape index (κ2) is 8.46. The van der Waals surface area contributed by atoms with Gasteiger partial charge in [-0.05, 0) is 37.6 Å². The number of anilines is 1.